The van der Waals surface area contributed by atoms with Gasteiger partial charge >= 0.3 is 0 Å². The van der Waals surface area contributed by atoms with Gasteiger partial charge in [-0.3, -0.25) is 4.79 Å². The zero-order chi connectivity index (χ0) is 14.8. The second kappa shape index (κ2) is 5.85. The number of aromatic nitrogens is 2. The lowest BCUT2D eigenvalue weighted by Crippen LogP contribution is -2.23. The van der Waals surface area contributed by atoms with Gasteiger partial charge in [-0.15, -0.1) is 0 Å². The van der Waals surface area contributed by atoms with E-state index in [9.17, 15) is 4.79 Å². The first-order valence-electron chi connectivity index (χ1n) is 6.51. The smallest absolute Gasteiger partial charge is 0.267 e. The zero-order valence-electron chi connectivity index (χ0n) is 11.2. The molecule has 0 amide bonds. The summed E-state index contributed by atoms with van der Waals surface area (Å²) in [5, 5.41) is 3.67. The van der Waals surface area contributed by atoms with Crippen LogP contribution >= 0.6 is 22.6 Å². The van der Waals surface area contributed by atoms with Gasteiger partial charge in [-0.05, 0) is 59.8 Å². The quantitative estimate of drug-likeness (QED) is 0.699. The van der Waals surface area contributed by atoms with Crippen LogP contribution < -0.4 is 10.9 Å². The number of anilines is 1. The minimum absolute atomic E-state index is 0.0827. The van der Waals surface area contributed by atoms with Gasteiger partial charge in [-0.1, -0.05) is 18.2 Å². The molecule has 21 heavy (non-hydrogen) atoms. The van der Waals surface area contributed by atoms with Crippen molar-refractivity contribution in [3.63, 3.8) is 0 Å². The molecular weight excluding hydrogens is 377 g/mol. The Hall–Kier alpha value is -1.89. The van der Waals surface area contributed by atoms with E-state index in [4.69, 9.17) is 0 Å². The van der Waals surface area contributed by atoms with Crippen molar-refractivity contribution in [1.29, 1.82) is 0 Å². The molecule has 0 bridgehead atoms. The first kappa shape index (κ1) is 14.1. The van der Waals surface area contributed by atoms with Crippen molar-refractivity contribution in [3.8, 4) is 5.69 Å². The molecule has 3 aromatic rings. The molecule has 0 saturated carbocycles. The van der Waals surface area contributed by atoms with Crippen molar-refractivity contribution in [2.75, 3.05) is 11.9 Å². The minimum atomic E-state index is -0.0827. The van der Waals surface area contributed by atoms with Crippen molar-refractivity contribution in [2.45, 2.75) is 0 Å². The Balaban J connectivity index is 2.37. The molecule has 4 nitrogen and oxygen atoms in total. The predicted molar refractivity (Wildman–Crippen MR) is 93.9 cm³/mol. The Kier molecular flexibility index (Phi) is 3.92. The zero-order valence-corrected chi connectivity index (χ0v) is 13.4. The maximum atomic E-state index is 12.8. The van der Waals surface area contributed by atoms with E-state index in [0.717, 1.165) is 9.26 Å². The van der Waals surface area contributed by atoms with E-state index in [1.54, 1.807) is 4.57 Å². The van der Waals surface area contributed by atoms with Crippen LogP contribution in [0, 0.1) is 10.5 Å². The molecule has 2 aromatic carbocycles. The number of rotatable bonds is 3. The fourth-order valence-electron chi connectivity index (χ4n) is 2.20. The molecule has 0 atom stereocenters. The summed E-state index contributed by atoms with van der Waals surface area (Å²) in [5.74, 6) is 0.509. The second-order valence-electron chi connectivity index (χ2n) is 4.50. The highest BCUT2D eigenvalue weighted by Crippen LogP contribution is 2.18. The molecule has 0 aliphatic rings. The molecule has 1 N–H and O–H groups in total. The average molecular weight is 390 g/mol. The van der Waals surface area contributed by atoms with E-state index in [0.29, 0.717) is 23.4 Å². The lowest BCUT2D eigenvalue weighted by Gasteiger charge is -2.14. The van der Waals surface area contributed by atoms with Gasteiger partial charge in [0.15, 0.2) is 0 Å². The lowest BCUT2D eigenvalue weighted by atomic mass is 10.2. The monoisotopic (exact) mass is 390 g/mol. The summed E-state index contributed by atoms with van der Waals surface area (Å²) in [6.07, 6.45) is 0. The molecule has 105 valence electrons. The van der Waals surface area contributed by atoms with Gasteiger partial charge in [0.05, 0.1) is 16.6 Å². The Morgan fingerprint density at radius 2 is 1.95 bits per heavy atom. The summed E-state index contributed by atoms with van der Waals surface area (Å²) in [4.78, 5) is 17.4. The van der Waals surface area contributed by atoms with Gasteiger partial charge < -0.3 is 5.32 Å². The molecule has 1 aromatic heterocycles. The molecule has 0 aliphatic heterocycles. The van der Waals surface area contributed by atoms with Crippen LogP contribution in [-0.4, -0.2) is 16.1 Å². The summed E-state index contributed by atoms with van der Waals surface area (Å²) >= 11 is 2.19. The summed E-state index contributed by atoms with van der Waals surface area (Å²) in [5.41, 5.74) is 1.39. The predicted octanol–water partition coefficient (Wildman–Crippen LogP) is 3.24. The number of halogens is 1. The molecule has 0 unspecified atom stereocenters. The largest absolute Gasteiger partial charge is 0.355 e. The maximum absolute atomic E-state index is 12.8. The number of nitrogens with zero attached hydrogens (tertiary/aromatic N) is 2. The van der Waals surface area contributed by atoms with Crippen molar-refractivity contribution in [1.82, 2.24) is 9.55 Å². The normalized spacial score (nSPS) is 10.8. The number of hydrogen-bond acceptors (Lipinski definition) is 3. The Labute approximate surface area is 136 Å². The van der Waals surface area contributed by atoms with Gasteiger partial charge in [-0.25, -0.2) is 9.55 Å². The fraction of sp³-hybridized carbons (Fsp3) is 0.0625. The number of para-hydroxylation sites is 1. The number of fused-ring (bicyclic) bond motifs is 1. The van der Waals surface area contributed by atoms with Gasteiger partial charge in [0.1, 0.15) is 0 Å². The molecule has 0 saturated heterocycles. The van der Waals surface area contributed by atoms with E-state index in [1.807, 2.05) is 48.5 Å². The van der Waals surface area contributed by atoms with Crippen molar-refractivity contribution >= 4 is 39.4 Å². The second-order valence-corrected chi connectivity index (χ2v) is 5.75. The van der Waals surface area contributed by atoms with Crippen LogP contribution in [-0.2, 0) is 0 Å². The van der Waals surface area contributed by atoms with Crippen LogP contribution in [0.25, 0.3) is 16.6 Å². The molecular formula is C16H13IN3O. The van der Waals surface area contributed by atoms with E-state index < -0.39 is 0 Å². The number of nitrogens with one attached hydrogen (secondary N) is 1. The van der Waals surface area contributed by atoms with Crippen molar-refractivity contribution in [2.24, 2.45) is 0 Å². The SMILES string of the molecule is [CH2]CNc1nc2ccc(I)cc2c(=O)n1-c1ccccc1. The molecule has 0 aliphatic carbocycles. The summed E-state index contributed by atoms with van der Waals surface area (Å²) in [6, 6.07) is 15.1. The van der Waals surface area contributed by atoms with Gasteiger partial charge in [0.25, 0.3) is 5.56 Å². The van der Waals surface area contributed by atoms with Crippen LogP contribution in [0.5, 0.6) is 0 Å². The maximum Gasteiger partial charge on any atom is 0.267 e. The lowest BCUT2D eigenvalue weighted by molar-refractivity contribution is 0.957. The van der Waals surface area contributed by atoms with Crippen molar-refractivity contribution < 1.29 is 0 Å². The molecule has 3 rings (SSSR count). The summed E-state index contributed by atoms with van der Waals surface area (Å²) in [6.45, 7) is 4.23. The standard InChI is InChI=1S/C16H13IN3O/c1-2-18-16-19-14-9-8-11(17)10-13(14)15(21)20(16)12-6-4-3-5-7-12/h3-10H,1-2H2,(H,18,19). The topological polar surface area (TPSA) is 46.9 Å². The Morgan fingerprint density at radius 3 is 2.67 bits per heavy atom. The van der Waals surface area contributed by atoms with Gasteiger partial charge in [0, 0.05) is 10.1 Å². The average Bonchev–Trinajstić information content (AvgIpc) is 2.50. The van der Waals surface area contributed by atoms with Crippen LogP contribution in [0.2, 0.25) is 0 Å². The van der Waals surface area contributed by atoms with Crippen LogP contribution in [0.4, 0.5) is 5.95 Å². The number of hydrogen-bond donors (Lipinski definition) is 1. The highest BCUT2D eigenvalue weighted by atomic mass is 127. The van der Waals surface area contributed by atoms with E-state index in [-0.39, 0.29) is 5.56 Å². The molecule has 5 heteroatoms. The molecule has 1 heterocycles. The third-order valence-corrected chi connectivity index (χ3v) is 3.80. The first-order chi connectivity index (χ1) is 10.2. The Bertz CT molecular complexity index is 843. The van der Waals surface area contributed by atoms with E-state index in [1.165, 1.54) is 0 Å². The minimum Gasteiger partial charge on any atom is -0.355 e. The highest BCUT2D eigenvalue weighted by molar-refractivity contribution is 14.1. The number of benzene rings is 2. The molecule has 0 fully saturated rings. The van der Waals surface area contributed by atoms with E-state index >= 15 is 0 Å². The van der Waals surface area contributed by atoms with Crippen LogP contribution in [0.1, 0.15) is 0 Å². The van der Waals surface area contributed by atoms with E-state index in [2.05, 4.69) is 39.8 Å². The third-order valence-electron chi connectivity index (χ3n) is 3.13. The fourth-order valence-corrected chi connectivity index (χ4v) is 2.70. The van der Waals surface area contributed by atoms with Crippen molar-refractivity contribution in [3.05, 3.63) is 69.4 Å². The molecule has 1 radical (unpaired) electrons. The summed E-state index contributed by atoms with van der Waals surface area (Å²) < 4.78 is 2.60. The van der Waals surface area contributed by atoms with Crippen LogP contribution in [0.15, 0.2) is 53.3 Å². The first-order valence-corrected chi connectivity index (χ1v) is 7.59. The highest BCUT2D eigenvalue weighted by Gasteiger charge is 2.12. The van der Waals surface area contributed by atoms with Gasteiger partial charge in [-0.2, -0.15) is 0 Å². The van der Waals surface area contributed by atoms with Gasteiger partial charge in [0.2, 0.25) is 5.95 Å². The Morgan fingerprint density at radius 1 is 1.19 bits per heavy atom. The molecule has 0 spiro atoms. The third kappa shape index (κ3) is 2.65. The summed E-state index contributed by atoms with van der Waals surface area (Å²) in [7, 11) is 0. The van der Waals surface area contributed by atoms with Crippen LogP contribution in [0.3, 0.4) is 0 Å².